The highest BCUT2D eigenvalue weighted by molar-refractivity contribution is 7.90. The van der Waals surface area contributed by atoms with Crippen molar-refractivity contribution in [3.05, 3.63) is 94.0 Å². The van der Waals surface area contributed by atoms with Gasteiger partial charge in [0.05, 0.1) is 11.3 Å². The van der Waals surface area contributed by atoms with E-state index < -0.39 is 15.9 Å². The number of rotatable bonds is 7. The van der Waals surface area contributed by atoms with E-state index in [2.05, 4.69) is 4.72 Å². The Labute approximate surface area is 179 Å². The van der Waals surface area contributed by atoms with E-state index in [1.54, 1.807) is 30.3 Å². The summed E-state index contributed by atoms with van der Waals surface area (Å²) in [6.45, 7) is 0.254. The fourth-order valence-corrected chi connectivity index (χ4v) is 3.82. The van der Waals surface area contributed by atoms with Crippen LogP contribution in [-0.4, -0.2) is 14.3 Å². The summed E-state index contributed by atoms with van der Waals surface area (Å²) < 4.78 is 32.5. The molecule has 3 aromatic carbocycles. The minimum absolute atomic E-state index is 0.0351. The van der Waals surface area contributed by atoms with Crippen molar-refractivity contribution in [1.82, 2.24) is 4.72 Å². The van der Waals surface area contributed by atoms with Gasteiger partial charge in [0.2, 0.25) is 5.91 Å². The Kier molecular flexibility index (Phi) is 6.79. The third-order valence-corrected chi connectivity index (χ3v) is 6.02. The number of nitrogens with one attached hydrogen (secondary N) is 1. The molecule has 1 amide bonds. The van der Waals surface area contributed by atoms with Crippen molar-refractivity contribution < 1.29 is 17.9 Å². The zero-order chi connectivity index (χ0) is 20.9. The first-order valence-electron chi connectivity index (χ1n) is 8.60. The molecule has 0 bridgehead atoms. The van der Waals surface area contributed by atoms with Crippen LogP contribution in [-0.2, 0) is 27.8 Å². The first-order valence-corrected chi connectivity index (χ1v) is 10.8. The second-order valence-electron chi connectivity index (χ2n) is 6.18. The van der Waals surface area contributed by atoms with Gasteiger partial charge in [0.15, 0.2) is 0 Å². The van der Waals surface area contributed by atoms with E-state index in [9.17, 15) is 13.2 Å². The topological polar surface area (TPSA) is 72.5 Å². The predicted molar refractivity (Wildman–Crippen MR) is 113 cm³/mol. The highest BCUT2D eigenvalue weighted by Crippen LogP contribution is 2.20. The summed E-state index contributed by atoms with van der Waals surface area (Å²) in [5, 5.41) is 1.13. The standard InChI is InChI=1S/C21H17Cl2NO4S/c22-17-7-5-15(6-8-17)13-21(25)24-29(26,27)19-11-9-18(10-12-19)28-14-16-3-1-2-4-20(16)23/h1-12H,13-14H2,(H,24,25). The smallest absolute Gasteiger partial charge is 0.264 e. The molecule has 0 saturated heterocycles. The SMILES string of the molecule is O=C(Cc1ccc(Cl)cc1)NS(=O)(=O)c1ccc(OCc2ccccc2Cl)cc1. The molecule has 0 fully saturated rings. The Morgan fingerprint density at radius 2 is 1.55 bits per heavy atom. The van der Waals surface area contributed by atoms with Crippen LogP contribution in [0.4, 0.5) is 0 Å². The minimum atomic E-state index is -3.98. The van der Waals surface area contributed by atoms with E-state index in [0.717, 1.165) is 5.56 Å². The van der Waals surface area contributed by atoms with Gasteiger partial charge in [-0.05, 0) is 48.0 Å². The summed E-state index contributed by atoms with van der Waals surface area (Å²) in [4.78, 5) is 12.0. The Hall–Kier alpha value is -2.54. The van der Waals surface area contributed by atoms with E-state index in [-0.39, 0.29) is 17.9 Å². The Balaban J connectivity index is 1.61. The second-order valence-corrected chi connectivity index (χ2v) is 8.71. The van der Waals surface area contributed by atoms with Crippen LogP contribution in [0.5, 0.6) is 5.75 Å². The summed E-state index contributed by atoms with van der Waals surface area (Å²) in [5.41, 5.74) is 1.48. The van der Waals surface area contributed by atoms with E-state index in [1.807, 2.05) is 18.2 Å². The first kappa shape index (κ1) is 21.2. The van der Waals surface area contributed by atoms with Crippen LogP contribution in [0.15, 0.2) is 77.7 Å². The largest absolute Gasteiger partial charge is 0.489 e. The van der Waals surface area contributed by atoms with E-state index >= 15 is 0 Å². The summed E-state index contributed by atoms with van der Waals surface area (Å²) in [7, 11) is -3.98. The molecule has 0 heterocycles. The number of amides is 1. The number of hydrogen-bond acceptors (Lipinski definition) is 4. The summed E-state index contributed by atoms with van der Waals surface area (Å²) in [6, 6.07) is 19.7. The van der Waals surface area contributed by atoms with Crippen LogP contribution in [0.2, 0.25) is 10.0 Å². The van der Waals surface area contributed by atoms with Crippen LogP contribution >= 0.6 is 23.2 Å². The maximum Gasteiger partial charge on any atom is 0.264 e. The molecule has 0 saturated carbocycles. The number of ether oxygens (including phenoxy) is 1. The average Bonchev–Trinajstić information content (AvgIpc) is 2.69. The lowest BCUT2D eigenvalue weighted by atomic mass is 10.1. The first-order chi connectivity index (χ1) is 13.8. The normalized spacial score (nSPS) is 11.1. The van der Waals surface area contributed by atoms with E-state index in [4.69, 9.17) is 27.9 Å². The molecule has 0 atom stereocenters. The predicted octanol–water partition coefficient (Wildman–Crippen LogP) is 4.62. The van der Waals surface area contributed by atoms with Gasteiger partial charge in [-0.15, -0.1) is 0 Å². The molecule has 150 valence electrons. The van der Waals surface area contributed by atoms with Gasteiger partial charge in [0, 0.05) is 15.6 Å². The third kappa shape index (κ3) is 5.97. The van der Waals surface area contributed by atoms with Gasteiger partial charge in [-0.1, -0.05) is 53.5 Å². The van der Waals surface area contributed by atoms with Gasteiger partial charge in [0.1, 0.15) is 12.4 Å². The molecule has 0 aliphatic rings. The molecule has 0 aliphatic carbocycles. The van der Waals surface area contributed by atoms with Crippen LogP contribution in [0.3, 0.4) is 0 Å². The molecule has 0 unspecified atom stereocenters. The van der Waals surface area contributed by atoms with Gasteiger partial charge >= 0.3 is 0 Å². The lowest BCUT2D eigenvalue weighted by molar-refractivity contribution is -0.118. The Bertz CT molecular complexity index is 1100. The Morgan fingerprint density at radius 1 is 0.897 bits per heavy atom. The monoisotopic (exact) mass is 449 g/mol. The molecule has 0 aliphatic heterocycles. The third-order valence-electron chi connectivity index (χ3n) is 4.01. The van der Waals surface area contributed by atoms with Crippen LogP contribution in [0.25, 0.3) is 0 Å². The lowest BCUT2D eigenvalue weighted by Gasteiger charge is -2.10. The quantitative estimate of drug-likeness (QED) is 0.570. The van der Waals surface area contributed by atoms with Crippen molar-refractivity contribution in [3.63, 3.8) is 0 Å². The second kappa shape index (κ2) is 9.31. The molecule has 3 rings (SSSR count). The number of sulfonamides is 1. The molecular formula is C21H17Cl2NO4S. The van der Waals surface area contributed by atoms with Crippen molar-refractivity contribution in [1.29, 1.82) is 0 Å². The average molecular weight is 450 g/mol. The molecule has 0 spiro atoms. The maximum absolute atomic E-state index is 12.4. The molecule has 0 aromatic heterocycles. The van der Waals surface area contributed by atoms with Crippen molar-refractivity contribution >= 4 is 39.1 Å². The Morgan fingerprint density at radius 3 is 2.21 bits per heavy atom. The molecule has 1 N–H and O–H groups in total. The van der Waals surface area contributed by atoms with Crippen LogP contribution in [0, 0.1) is 0 Å². The number of benzene rings is 3. The molecule has 5 nitrogen and oxygen atoms in total. The maximum atomic E-state index is 12.4. The molecule has 0 radical (unpaired) electrons. The molecular weight excluding hydrogens is 433 g/mol. The van der Waals surface area contributed by atoms with Crippen molar-refractivity contribution in [2.75, 3.05) is 0 Å². The lowest BCUT2D eigenvalue weighted by Crippen LogP contribution is -2.31. The summed E-state index contributed by atoms with van der Waals surface area (Å²) >= 11 is 11.9. The molecule has 3 aromatic rings. The molecule has 29 heavy (non-hydrogen) atoms. The van der Waals surface area contributed by atoms with Crippen molar-refractivity contribution in [2.45, 2.75) is 17.9 Å². The minimum Gasteiger partial charge on any atom is -0.489 e. The molecule has 8 heteroatoms. The fourth-order valence-electron chi connectivity index (χ4n) is 2.52. The van der Waals surface area contributed by atoms with Crippen molar-refractivity contribution in [3.8, 4) is 5.75 Å². The zero-order valence-electron chi connectivity index (χ0n) is 15.1. The van der Waals surface area contributed by atoms with Gasteiger partial charge in [-0.3, -0.25) is 4.79 Å². The number of halogens is 2. The van der Waals surface area contributed by atoms with Gasteiger partial charge in [0.25, 0.3) is 10.0 Å². The van der Waals surface area contributed by atoms with Crippen LogP contribution < -0.4 is 9.46 Å². The highest BCUT2D eigenvalue weighted by Gasteiger charge is 2.18. The van der Waals surface area contributed by atoms with E-state index in [0.29, 0.717) is 21.4 Å². The fraction of sp³-hybridized carbons (Fsp3) is 0.0952. The number of carbonyl (C=O) groups excluding carboxylic acids is 1. The van der Waals surface area contributed by atoms with Crippen LogP contribution in [0.1, 0.15) is 11.1 Å². The highest BCUT2D eigenvalue weighted by atomic mass is 35.5. The van der Waals surface area contributed by atoms with E-state index in [1.165, 1.54) is 24.3 Å². The van der Waals surface area contributed by atoms with Gasteiger partial charge < -0.3 is 4.74 Å². The van der Waals surface area contributed by atoms with Gasteiger partial charge in [-0.2, -0.15) is 0 Å². The number of hydrogen-bond donors (Lipinski definition) is 1. The zero-order valence-corrected chi connectivity index (χ0v) is 17.5. The van der Waals surface area contributed by atoms with Crippen molar-refractivity contribution in [2.24, 2.45) is 0 Å². The summed E-state index contributed by atoms with van der Waals surface area (Å²) in [6.07, 6.45) is -0.0740. The summed E-state index contributed by atoms with van der Waals surface area (Å²) in [5.74, 6) is -0.150. The van der Waals surface area contributed by atoms with Gasteiger partial charge in [-0.25, -0.2) is 13.1 Å². The number of carbonyl (C=O) groups is 1.